The number of aromatic nitrogens is 2. The van der Waals surface area contributed by atoms with E-state index in [0.717, 1.165) is 35.8 Å². The maximum absolute atomic E-state index is 12.4. The largest absolute Gasteiger partial charge is 0.506 e. The molecule has 0 fully saturated rings. The number of benzene rings is 1. The molecule has 0 aliphatic carbocycles. The third-order valence-electron chi connectivity index (χ3n) is 5.22. The van der Waals surface area contributed by atoms with Crippen molar-refractivity contribution in [3.8, 4) is 17.0 Å². The molecule has 1 aliphatic rings. The normalized spacial score (nSPS) is 15.9. The highest BCUT2D eigenvalue weighted by molar-refractivity contribution is 5.94. The van der Waals surface area contributed by atoms with E-state index >= 15 is 0 Å². The molecule has 0 radical (unpaired) electrons. The molecule has 27 heavy (non-hydrogen) atoms. The molecule has 3 heterocycles. The molecule has 0 saturated carbocycles. The number of aryl methyl sites for hydroxylation is 1. The molecular formula is C20H20N2O5. The number of aliphatic hydroxyl groups excluding tert-OH is 1. The van der Waals surface area contributed by atoms with Gasteiger partial charge in [-0.15, -0.1) is 0 Å². The molecule has 0 spiro atoms. The first-order valence-corrected chi connectivity index (χ1v) is 8.84. The van der Waals surface area contributed by atoms with Gasteiger partial charge in [0.05, 0.1) is 18.9 Å². The monoisotopic (exact) mass is 368 g/mol. The zero-order chi connectivity index (χ0) is 19.3. The van der Waals surface area contributed by atoms with E-state index in [1.54, 1.807) is 0 Å². The predicted molar refractivity (Wildman–Crippen MR) is 100.0 cm³/mol. The Morgan fingerprint density at radius 3 is 2.85 bits per heavy atom. The van der Waals surface area contributed by atoms with Gasteiger partial charge >= 0.3 is 5.97 Å². The first-order chi connectivity index (χ1) is 13.0. The van der Waals surface area contributed by atoms with E-state index in [1.165, 1.54) is 0 Å². The summed E-state index contributed by atoms with van der Waals surface area (Å²) >= 11 is 0. The lowest BCUT2D eigenvalue weighted by Crippen LogP contribution is -2.21. The molecule has 140 valence electrons. The number of esters is 1. The lowest BCUT2D eigenvalue weighted by Gasteiger charge is -2.13. The molecule has 7 heteroatoms. The number of carbonyl (C=O) groups is 1. The van der Waals surface area contributed by atoms with Gasteiger partial charge in [0.15, 0.2) is 5.56 Å². The van der Waals surface area contributed by atoms with Crippen LogP contribution in [0.5, 0.6) is 5.75 Å². The molecule has 3 aromatic rings. The van der Waals surface area contributed by atoms with Crippen molar-refractivity contribution in [2.24, 2.45) is 0 Å². The highest BCUT2D eigenvalue weighted by atomic mass is 16.5. The van der Waals surface area contributed by atoms with Crippen molar-refractivity contribution in [3.05, 3.63) is 51.4 Å². The van der Waals surface area contributed by atoms with E-state index in [-0.39, 0.29) is 11.3 Å². The summed E-state index contributed by atoms with van der Waals surface area (Å²) in [5.41, 5.74) is 2.49. The van der Waals surface area contributed by atoms with Crippen molar-refractivity contribution in [1.82, 2.24) is 9.55 Å². The average Bonchev–Trinajstić information content (AvgIpc) is 3.20. The van der Waals surface area contributed by atoms with Gasteiger partial charge in [0.1, 0.15) is 5.75 Å². The number of H-pyrrole nitrogens is 1. The molecule has 1 atom stereocenters. The molecular weight excluding hydrogens is 348 g/mol. The molecule has 7 nitrogen and oxygen atoms in total. The van der Waals surface area contributed by atoms with Gasteiger partial charge in [-0.1, -0.05) is 13.0 Å². The number of nitrogens with zero attached hydrogens (tertiary/aromatic N) is 1. The van der Waals surface area contributed by atoms with Gasteiger partial charge in [0.2, 0.25) is 0 Å². The smallest absolute Gasteiger partial charge is 0.347 e. The Balaban J connectivity index is 1.91. The van der Waals surface area contributed by atoms with Gasteiger partial charge in [0, 0.05) is 28.7 Å². The summed E-state index contributed by atoms with van der Waals surface area (Å²) in [6, 6.07) is 7.66. The van der Waals surface area contributed by atoms with E-state index in [1.807, 2.05) is 31.2 Å². The number of carbonyl (C=O) groups excluding carboxylic acids is 1. The zero-order valence-electron chi connectivity index (χ0n) is 15.1. The maximum atomic E-state index is 12.4. The molecule has 0 bridgehead atoms. The van der Waals surface area contributed by atoms with Crippen molar-refractivity contribution < 1.29 is 19.7 Å². The van der Waals surface area contributed by atoms with Crippen molar-refractivity contribution in [2.75, 3.05) is 7.11 Å². The quantitative estimate of drug-likeness (QED) is 0.616. The van der Waals surface area contributed by atoms with Crippen LogP contribution in [0.3, 0.4) is 0 Å². The minimum Gasteiger partial charge on any atom is -0.506 e. The van der Waals surface area contributed by atoms with Crippen molar-refractivity contribution in [1.29, 1.82) is 0 Å². The van der Waals surface area contributed by atoms with E-state index in [2.05, 4.69) is 14.3 Å². The van der Waals surface area contributed by atoms with Crippen molar-refractivity contribution >= 4 is 16.9 Å². The fourth-order valence-electron chi connectivity index (χ4n) is 3.88. The highest BCUT2D eigenvalue weighted by Gasteiger charge is 2.25. The second-order valence-corrected chi connectivity index (χ2v) is 6.68. The second kappa shape index (κ2) is 6.28. The van der Waals surface area contributed by atoms with Crippen LogP contribution in [-0.2, 0) is 17.7 Å². The van der Waals surface area contributed by atoms with E-state index in [4.69, 9.17) is 0 Å². The lowest BCUT2D eigenvalue weighted by atomic mass is 9.99. The second-order valence-electron chi connectivity index (χ2n) is 6.68. The van der Waals surface area contributed by atoms with Crippen LogP contribution in [0.4, 0.5) is 0 Å². The van der Waals surface area contributed by atoms with Gasteiger partial charge in [-0.2, -0.15) is 0 Å². The maximum Gasteiger partial charge on any atom is 0.347 e. The van der Waals surface area contributed by atoms with Crippen LogP contribution in [-0.4, -0.2) is 32.8 Å². The molecule has 0 saturated heterocycles. The number of methoxy groups -OCH3 is 1. The lowest BCUT2D eigenvalue weighted by molar-refractivity contribution is 0.0595. The van der Waals surface area contributed by atoms with Gasteiger partial charge in [0.25, 0.3) is 5.56 Å². The number of rotatable bonds is 3. The van der Waals surface area contributed by atoms with Crippen molar-refractivity contribution in [2.45, 2.75) is 32.4 Å². The third-order valence-corrected chi connectivity index (χ3v) is 5.22. The Morgan fingerprint density at radius 1 is 1.37 bits per heavy atom. The highest BCUT2D eigenvalue weighted by Crippen LogP contribution is 2.36. The van der Waals surface area contributed by atoms with E-state index < -0.39 is 17.6 Å². The standard InChI is InChI=1S/C20H20N2O5/c1-3-12-17(21-19(25)16(18(12)24)20(26)27-2)10-4-5-13-11(8-10)9-14-15(23)6-7-22(13)14/h4-5,8-9,15,23H,3,6-7H2,1-2H3,(H2,21,24,25). The third kappa shape index (κ3) is 2.54. The Labute approximate surface area is 154 Å². The van der Waals surface area contributed by atoms with Crippen LogP contribution in [0.25, 0.3) is 22.2 Å². The Kier molecular flexibility index (Phi) is 4.04. The van der Waals surface area contributed by atoms with E-state index in [9.17, 15) is 19.8 Å². The molecule has 2 aromatic heterocycles. The van der Waals surface area contributed by atoms with Crippen LogP contribution in [0.1, 0.15) is 41.1 Å². The van der Waals surface area contributed by atoms with Crippen molar-refractivity contribution in [3.63, 3.8) is 0 Å². The fourth-order valence-corrected chi connectivity index (χ4v) is 3.88. The summed E-state index contributed by atoms with van der Waals surface area (Å²) in [6.45, 7) is 2.60. The average molecular weight is 368 g/mol. The van der Waals surface area contributed by atoms with Gasteiger partial charge in [-0.3, -0.25) is 4.79 Å². The number of fused-ring (bicyclic) bond motifs is 3. The number of aliphatic hydroxyl groups is 1. The predicted octanol–water partition coefficient (Wildman–Crippen LogP) is 2.49. The summed E-state index contributed by atoms with van der Waals surface area (Å²) in [6.07, 6.45) is 0.670. The van der Waals surface area contributed by atoms with Crippen LogP contribution in [0, 0.1) is 0 Å². The summed E-state index contributed by atoms with van der Waals surface area (Å²) in [7, 11) is 1.16. The zero-order valence-corrected chi connectivity index (χ0v) is 15.1. The first kappa shape index (κ1) is 17.4. The minimum atomic E-state index is -0.872. The number of aromatic amines is 1. The number of aromatic hydroxyl groups is 1. The Hall–Kier alpha value is -3.06. The number of hydrogen-bond acceptors (Lipinski definition) is 5. The fraction of sp³-hybridized carbons (Fsp3) is 0.300. The summed E-state index contributed by atoms with van der Waals surface area (Å²) in [5, 5.41) is 21.5. The number of ether oxygens (including phenoxy) is 1. The SMILES string of the molecule is CCc1c(-c2ccc3c(c2)cc2n3CCC2O)[nH]c(=O)c(C(=O)OC)c1O. The molecule has 0 amide bonds. The van der Waals surface area contributed by atoms with Crippen LogP contribution < -0.4 is 5.56 Å². The summed E-state index contributed by atoms with van der Waals surface area (Å²) in [5.74, 6) is -1.22. The number of pyridine rings is 1. The van der Waals surface area contributed by atoms with Gasteiger partial charge < -0.3 is 24.5 Å². The topological polar surface area (TPSA) is 105 Å². The molecule has 1 aliphatic heterocycles. The molecule has 4 rings (SSSR count). The van der Waals surface area contributed by atoms with E-state index in [0.29, 0.717) is 24.1 Å². The van der Waals surface area contributed by atoms with Crippen LogP contribution in [0.2, 0.25) is 0 Å². The number of nitrogens with one attached hydrogen (secondary N) is 1. The van der Waals surface area contributed by atoms with Crippen LogP contribution in [0.15, 0.2) is 29.1 Å². The number of hydrogen-bond donors (Lipinski definition) is 3. The van der Waals surface area contributed by atoms with Gasteiger partial charge in [-0.05, 0) is 36.6 Å². The Bertz CT molecular complexity index is 1130. The summed E-state index contributed by atoms with van der Waals surface area (Å²) in [4.78, 5) is 26.9. The molecule has 3 N–H and O–H groups in total. The minimum absolute atomic E-state index is 0.349. The molecule has 1 unspecified atom stereocenters. The summed E-state index contributed by atoms with van der Waals surface area (Å²) < 4.78 is 6.69. The first-order valence-electron chi connectivity index (χ1n) is 8.84. The van der Waals surface area contributed by atoms with Gasteiger partial charge in [-0.25, -0.2) is 4.79 Å². The molecule has 1 aromatic carbocycles. The van der Waals surface area contributed by atoms with Crippen LogP contribution >= 0.6 is 0 Å². The Morgan fingerprint density at radius 2 is 2.15 bits per heavy atom.